The van der Waals surface area contributed by atoms with Crippen LogP contribution in [-0.4, -0.2) is 12.0 Å². The lowest BCUT2D eigenvalue weighted by molar-refractivity contribution is 0.904. The minimum absolute atomic E-state index is 0.554. The molecule has 6 heteroatoms. The molecule has 0 aliphatic rings. The summed E-state index contributed by atoms with van der Waals surface area (Å²) in [5.74, 6) is 0.747. The van der Waals surface area contributed by atoms with Gasteiger partial charge < -0.3 is 10.6 Å². The highest BCUT2D eigenvalue weighted by molar-refractivity contribution is 9.11. The van der Waals surface area contributed by atoms with Gasteiger partial charge >= 0.3 is 0 Å². The molecule has 0 spiro atoms. The van der Waals surface area contributed by atoms with Crippen LogP contribution in [0.2, 0.25) is 5.02 Å². The molecule has 90 valence electrons. The molecule has 17 heavy (non-hydrogen) atoms. The number of halogens is 2. The second kappa shape index (κ2) is 5.25. The van der Waals surface area contributed by atoms with Crippen molar-refractivity contribution < 1.29 is 0 Å². The van der Waals surface area contributed by atoms with E-state index in [1.54, 1.807) is 23.6 Å². The fourth-order valence-corrected chi connectivity index (χ4v) is 2.91. The molecular weight excluding hydrogens is 322 g/mol. The van der Waals surface area contributed by atoms with Crippen molar-refractivity contribution in [3.63, 3.8) is 0 Å². The van der Waals surface area contributed by atoms with Crippen LogP contribution in [0, 0.1) is 0 Å². The van der Waals surface area contributed by atoms with Gasteiger partial charge in [-0.25, -0.2) is 4.98 Å². The highest BCUT2D eigenvalue weighted by atomic mass is 79.9. The first kappa shape index (κ1) is 12.7. The standard InChI is InChI=1S/C11H11BrClN3S/c1-16(5-7-2-10(12)17-6-7)11-9(14)3-8(13)4-15-11/h2-4,6H,5,14H2,1H3. The zero-order valence-corrected chi connectivity index (χ0v) is 12.3. The van der Waals surface area contributed by atoms with Crippen molar-refractivity contribution in [1.82, 2.24) is 4.98 Å². The van der Waals surface area contributed by atoms with Gasteiger partial charge in [0.1, 0.15) is 0 Å². The fourth-order valence-electron chi connectivity index (χ4n) is 1.54. The van der Waals surface area contributed by atoms with Gasteiger partial charge in [0.15, 0.2) is 5.82 Å². The lowest BCUT2D eigenvalue weighted by Gasteiger charge is -2.19. The van der Waals surface area contributed by atoms with E-state index < -0.39 is 0 Å². The molecule has 2 aromatic heterocycles. The molecule has 2 rings (SSSR count). The number of nitrogen functional groups attached to an aromatic ring is 1. The van der Waals surface area contributed by atoms with Gasteiger partial charge in [0.2, 0.25) is 0 Å². The van der Waals surface area contributed by atoms with Crippen molar-refractivity contribution in [3.8, 4) is 0 Å². The van der Waals surface area contributed by atoms with Crippen LogP contribution in [0.4, 0.5) is 11.5 Å². The number of hydrogen-bond acceptors (Lipinski definition) is 4. The number of hydrogen-bond donors (Lipinski definition) is 1. The summed E-state index contributed by atoms with van der Waals surface area (Å²) >= 11 is 10.9. The summed E-state index contributed by atoms with van der Waals surface area (Å²) in [6.45, 7) is 0.765. The molecule has 0 bridgehead atoms. The van der Waals surface area contributed by atoms with Gasteiger partial charge in [-0.1, -0.05) is 11.6 Å². The van der Waals surface area contributed by atoms with Gasteiger partial charge in [0, 0.05) is 19.8 Å². The van der Waals surface area contributed by atoms with Crippen LogP contribution in [0.3, 0.4) is 0 Å². The quantitative estimate of drug-likeness (QED) is 0.930. The zero-order chi connectivity index (χ0) is 12.4. The monoisotopic (exact) mass is 331 g/mol. The first-order valence-corrected chi connectivity index (χ1v) is 6.96. The largest absolute Gasteiger partial charge is 0.396 e. The number of pyridine rings is 1. The van der Waals surface area contributed by atoms with Crippen molar-refractivity contribution >= 4 is 50.4 Å². The van der Waals surface area contributed by atoms with Crippen molar-refractivity contribution in [2.45, 2.75) is 6.54 Å². The van der Waals surface area contributed by atoms with Gasteiger partial charge in [-0.2, -0.15) is 0 Å². The molecule has 2 N–H and O–H groups in total. The topological polar surface area (TPSA) is 42.2 Å². The van der Waals surface area contributed by atoms with E-state index in [4.69, 9.17) is 17.3 Å². The van der Waals surface area contributed by atoms with E-state index >= 15 is 0 Å². The minimum Gasteiger partial charge on any atom is -0.396 e. The van der Waals surface area contributed by atoms with E-state index in [9.17, 15) is 0 Å². The summed E-state index contributed by atoms with van der Waals surface area (Å²) in [6, 6.07) is 3.80. The van der Waals surface area contributed by atoms with Gasteiger partial charge in [0.25, 0.3) is 0 Å². The van der Waals surface area contributed by atoms with E-state index in [0.29, 0.717) is 10.7 Å². The predicted octanol–water partition coefficient (Wildman–Crippen LogP) is 3.78. The lowest BCUT2D eigenvalue weighted by atomic mass is 10.3. The van der Waals surface area contributed by atoms with Crippen LogP contribution in [0.1, 0.15) is 5.56 Å². The van der Waals surface area contributed by atoms with Crippen molar-refractivity contribution in [3.05, 3.63) is 38.1 Å². The summed E-state index contributed by atoms with van der Waals surface area (Å²) in [4.78, 5) is 6.24. The maximum atomic E-state index is 5.89. The predicted molar refractivity (Wildman–Crippen MR) is 77.8 cm³/mol. The van der Waals surface area contributed by atoms with Crippen molar-refractivity contribution in [1.29, 1.82) is 0 Å². The molecule has 2 aromatic rings. The summed E-state index contributed by atoms with van der Waals surface area (Å²) in [7, 11) is 1.96. The Morgan fingerprint density at radius 1 is 1.53 bits per heavy atom. The molecule has 0 aliphatic heterocycles. The van der Waals surface area contributed by atoms with Crippen LogP contribution >= 0.6 is 38.9 Å². The van der Waals surface area contributed by atoms with E-state index in [0.717, 1.165) is 16.1 Å². The Morgan fingerprint density at radius 2 is 2.29 bits per heavy atom. The van der Waals surface area contributed by atoms with Gasteiger partial charge in [-0.15, -0.1) is 11.3 Å². The molecule has 0 aromatic carbocycles. The number of aromatic nitrogens is 1. The molecule has 0 amide bonds. The third-order valence-corrected chi connectivity index (χ3v) is 4.02. The Morgan fingerprint density at radius 3 is 2.88 bits per heavy atom. The maximum absolute atomic E-state index is 5.89. The summed E-state index contributed by atoms with van der Waals surface area (Å²) < 4.78 is 1.12. The third kappa shape index (κ3) is 3.12. The van der Waals surface area contributed by atoms with E-state index in [-0.39, 0.29) is 0 Å². The molecule has 0 saturated heterocycles. The Balaban J connectivity index is 2.17. The number of anilines is 2. The summed E-state index contributed by atoms with van der Waals surface area (Å²) in [5.41, 5.74) is 7.70. The molecule has 3 nitrogen and oxygen atoms in total. The van der Waals surface area contributed by atoms with E-state index in [2.05, 4.69) is 32.4 Å². The lowest BCUT2D eigenvalue weighted by Crippen LogP contribution is -2.18. The number of thiophene rings is 1. The minimum atomic E-state index is 0.554. The fraction of sp³-hybridized carbons (Fsp3) is 0.182. The second-order valence-corrected chi connectivity index (χ2v) is 6.41. The van der Waals surface area contributed by atoms with E-state index in [1.807, 2.05) is 11.9 Å². The summed E-state index contributed by atoms with van der Waals surface area (Å²) in [5, 5.41) is 2.66. The smallest absolute Gasteiger partial charge is 0.151 e. The van der Waals surface area contributed by atoms with Crippen LogP contribution in [0.15, 0.2) is 27.5 Å². The van der Waals surface area contributed by atoms with Gasteiger partial charge in [-0.05, 0) is 39.0 Å². The Labute approximate surface area is 117 Å². The van der Waals surface area contributed by atoms with Gasteiger partial charge in [0.05, 0.1) is 14.5 Å². The number of nitrogens with two attached hydrogens (primary N) is 1. The molecule has 0 aliphatic carbocycles. The average Bonchev–Trinajstić information content (AvgIpc) is 2.63. The highest BCUT2D eigenvalue weighted by Crippen LogP contribution is 2.26. The molecule has 0 unspecified atom stereocenters. The van der Waals surface area contributed by atoms with Crippen LogP contribution in [0.5, 0.6) is 0 Å². The average molecular weight is 333 g/mol. The van der Waals surface area contributed by atoms with Crippen molar-refractivity contribution in [2.75, 3.05) is 17.7 Å². The first-order valence-electron chi connectivity index (χ1n) is 4.91. The Bertz CT molecular complexity index is 529. The zero-order valence-electron chi connectivity index (χ0n) is 9.15. The van der Waals surface area contributed by atoms with Crippen molar-refractivity contribution in [2.24, 2.45) is 0 Å². The first-order chi connectivity index (χ1) is 8.06. The molecule has 2 heterocycles. The SMILES string of the molecule is CN(Cc1csc(Br)c1)c1ncc(Cl)cc1N. The van der Waals surface area contributed by atoms with Gasteiger partial charge in [-0.3, -0.25) is 0 Å². The molecule has 0 radical (unpaired) electrons. The Kier molecular flexibility index (Phi) is 3.91. The molecule has 0 atom stereocenters. The van der Waals surface area contributed by atoms with Crippen LogP contribution in [0.25, 0.3) is 0 Å². The number of rotatable bonds is 3. The van der Waals surface area contributed by atoms with Crippen LogP contribution < -0.4 is 10.6 Å². The molecular formula is C11H11BrClN3S. The normalized spacial score (nSPS) is 10.5. The second-order valence-electron chi connectivity index (χ2n) is 3.68. The van der Waals surface area contributed by atoms with E-state index in [1.165, 1.54) is 5.56 Å². The Hall–Kier alpha value is -0.780. The maximum Gasteiger partial charge on any atom is 0.151 e. The third-order valence-electron chi connectivity index (χ3n) is 2.26. The molecule has 0 fully saturated rings. The number of nitrogens with zero attached hydrogens (tertiary/aromatic N) is 2. The highest BCUT2D eigenvalue weighted by Gasteiger charge is 2.09. The summed E-state index contributed by atoms with van der Waals surface area (Å²) in [6.07, 6.45) is 1.60. The van der Waals surface area contributed by atoms with Crippen LogP contribution in [-0.2, 0) is 6.54 Å². The molecule has 0 saturated carbocycles.